The van der Waals surface area contributed by atoms with Gasteiger partial charge in [0.25, 0.3) is 0 Å². The van der Waals surface area contributed by atoms with Crippen molar-refractivity contribution in [2.45, 2.75) is 53.1 Å². The highest BCUT2D eigenvalue weighted by Gasteiger charge is 2.41. The number of nitrogens with one attached hydrogen (secondary N) is 1. The summed E-state index contributed by atoms with van der Waals surface area (Å²) in [7, 11) is 1.74. The third-order valence-corrected chi connectivity index (χ3v) is 6.95. The summed E-state index contributed by atoms with van der Waals surface area (Å²) in [5, 5.41) is 4.34. The van der Waals surface area contributed by atoms with Crippen molar-refractivity contribution >= 4 is 17.3 Å². The predicted octanol–water partition coefficient (Wildman–Crippen LogP) is 5.42. The lowest BCUT2D eigenvalue weighted by Crippen LogP contribution is -2.31. The van der Waals surface area contributed by atoms with Gasteiger partial charge in [0, 0.05) is 37.8 Å². The second-order valence-corrected chi connectivity index (χ2v) is 9.46. The Hall–Kier alpha value is -2.70. The van der Waals surface area contributed by atoms with E-state index in [-0.39, 0.29) is 12.1 Å². The summed E-state index contributed by atoms with van der Waals surface area (Å²) in [5.41, 5.74) is 9.91. The summed E-state index contributed by atoms with van der Waals surface area (Å²) in [6, 6.07) is 13.0. The SMILES string of the molecule is COCCCN1C(=S)NC(c2ccccn2)C1c1cc(C)n(-c2c(C)cc(C)cc2C)c1C. The molecule has 1 N–H and O–H groups in total. The van der Waals surface area contributed by atoms with Crippen LogP contribution in [0.2, 0.25) is 0 Å². The van der Waals surface area contributed by atoms with E-state index in [0.29, 0.717) is 6.61 Å². The lowest BCUT2D eigenvalue weighted by atomic mass is 9.96. The van der Waals surface area contributed by atoms with E-state index in [1.165, 1.54) is 39.3 Å². The number of aromatic nitrogens is 2. The Morgan fingerprint density at radius 2 is 1.79 bits per heavy atom. The van der Waals surface area contributed by atoms with Crippen molar-refractivity contribution in [3.8, 4) is 5.69 Å². The molecule has 0 aliphatic carbocycles. The topological polar surface area (TPSA) is 42.3 Å². The Balaban J connectivity index is 1.83. The van der Waals surface area contributed by atoms with Crippen LogP contribution in [0.15, 0.2) is 42.6 Å². The molecule has 0 amide bonds. The summed E-state index contributed by atoms with van der Waals surface area (Å²) in [4.78, 5) is 6.99. The van der Waals surface area contributed by atoms with Crippen LogP contribution in [0.4, 0.5) is 0 Å². The number of aryl methyl sites for hydroxylation is 4. The molecule has 0 bridgehead atoms. The first-order chi connectivity index (χ1) is 15.8. The Morgan fingerprint density at radius 1 is 1.06 bits per heavy atom. The second-order valence-electron chi connectivity index (χ2n) is 9.08. The number of pyridine rings is 1. The molecule has 6 heteroatoms. The van der Waals surface area contributed by atoms with E-state index in [0.717, 1.165) is 23.8 Å². The predicted molar refractivity (Wildman–Crippen MR) is 138 cm³/mol. The average molecular weight is 463 g/mol. The molecule has 2 unspecified atom stereocenters. The molecular weight excluding hydrogens is 428 g/mol. The van der Waals surface area contributed by atoms with Crippen LogP contribution in [-0.4, -0.2) is 39.8 Å². The third-order valence-electron chi connectivity index (χ3n) is 6.59. The molecule has 1 aliphatic heterocycles. The summed E-state index contributed by atoms with van der Waals surface area (Å²) in [6.45, 7) is 12.5. The molecule has 0 radical (unpaired) electrons. The van der Waals surface area contributed by atoms with Crippen LogP contribution in [0.25, 0.3) is 5.69 Å². The van der Waals surface area contributed by atoms with Crippen LogP contribution >= 0.6 is 12.2 Å². The number of hydrogen-bond donors (Lipinski definition) is 1. The van der Waals surface area contributed by atoms with Crippen LogP contribution in [0.3, 0.4) is 0 Å². The van der Waals surface area contributed by atoms with Gasteiger partial charge in [0.05, 0.1) is 23.5 Å². The quantitative estimate of drug-likeness (QED) is 0.375. The molecule has 3 heterocycles. The van der Waals surface area contributed by atoms with E-state index in [4.69, 9.17) is 17.0 Å². The zero-order chi connectivity index (χ0) is 23.7. The molecule has 1 aliphatic rings. The second kappa shape index (κ2) is 9.65. The van der Waals surface area contributed by atoms with Crippen molar-refractivity contribution in [1.82, 2.24) is 19.8 Å². The fourth-order valence-electron chi connectivity index (χ4n) is 5.32. The lowest BCUT2D eigenvalue weighted by molar-refractivity contribution is 0.180. The van der Waals surface area contributed by atoms with Crippen LogP contribution < -0.4 is 5.32 Å². The molecule has 2 atom stereocenters. The summed E-state index contributed by atoms with van der Waals surface area (Å²) in [6.07, 6.45) is 2.77. The third kappa shape index (κ3) is 4.42. The number of rotatable bonds is 7. The molecule has 5 nitrogen and oxygen atoms in total. The number of methoxy groups -OCH3 is 1. The van der Waals surface area contributed by atoms with Crippen molar-refractivity contribution in [3.05, 3.63) is 81.9 Å². The van der Waals surface area contributed by atoms with E-state index < -0.39 is 0 Å². The highest BCUT2D eigenvalue weighted by Crippen LogP contribution is 2.42. The van der Waals surface area contributed by atoms with Crippen LogP contribution in [-0.2, 0) is 4.74 Å². The van der Waals surface area contributed by atoms with Gasteiger partial charge in [-0.2, -0.15) is 0 Å². The zero-order valence-electron chi connectivity index (χ0n) is 20.5. The lowest BCUT2D eigenvalue weighted by Gasteiger charge is -2.28. The number of hydrogen-bond acceptors (Lipinski definition) is 3. The van der Waals surface area contributed by atoms with Gasteiger partial charge in [-0.25, -0.2) is 0 Å². The summed E-state index contributed by atoms with van der Waals surface area (Å²) in [5.74, 6) is 0. The largest absolute Gasteiger partial charge is 0.385 e. The van der Waals surface area contributed by atoms with Gasteiger partial charge in [0.15, 0.2) is 5.11 Å². The molecule has 33 heavy (non-hydrogen) atoms. The van der Waals surface area contributed by atoms with Crippen molar-refractivity contribution in [2.75, 3.05) is 20.3 Å². The minimum Gasteiger partial charge on any atom is -0.385 e. The molecule has 1 saturated heterocycles. The van der Waals surface area contributed by atoms with Gasteiger partial charge in [-0.3, -0.25) is 4.98 Å². The van der Waals surface area contributed by atoms with Gasteiger partial charge >= 0.3 is 0 Å². The van der Waals surface area contributed by atoms with E-state index in [9.17, 15) is 0 Å². The molecule has 0 spiro atoms. The van der Waals surface area contributed by atoms with Gasteiger partial charge < -0.3 is 19.5 Å². The van der Waals surface area contributed by atoms with Crippen LogP contribution in [0.1, 0.15) is 57.8 Å². The normalized spacial score (nSPS) is 18.1. The van der Waals surface area contributed by atoms with Crippen molar-refractivity contribution in [2.24, 2.45) is 0 Å². The first-order valence-electron chi connectivity index (χ1n) is 11.6. The minimum absolute atomic E-state index is 0.00425. The minimum atomic E-state index is -0.00425. The molecule has 2 aromatic heterocycles. The first kappa shape index (κ1) is 23.5. The number of ether oxygens (including phenoxy) is 1. The molecule has 1 aromatic carbocycles. The van der Waals surface area contributed by atoms with E-state index in [2.05, 4.69) is 78.7 Å². The van der Waals surface area contributed by atoms with Crippen LogP contribution in [0.5, 0.6) is 0 Å². The standard InChI is InChI=1S/C27H34N4OS/c1-17-14-18(2)25(19(3)15-17)31-20(4)16-22(21(31)5)26-24(23-10-7-8-11-28-23)29-27(33)30(26)12-9-13-32-6/h7-8,10-11,14-16,24,26H,9,12-13H2,1-6H3,(H,29,33). The van der Waals surface area contributed by atoms with E-state index >= 15 is 0 Å². The highest BCUT2D eigenvalue weighted by atomic mass is 32.1. The highest BCUT2D eigenvalue weighted by molar-refractivity contribution is 7.80. The number of nitrogens with zero attached hydrogens (tertiary/aromatic N) is 3. The summed E-state index contributed by atoms with van der Waals surface area (Å²) >= 11 is 5.82. The first-order valence-corrected chi connectivity index (χ1v) is 12.0. The Labute approximate surface area is 202 Å². The van der Waals surface area contributed by atoms with Crippen molar-refractivity contribution in [1.29, 1.82) is 0 Å². The van der Waals surface area contributed by atoms with Crippen molar-refractivity contribution in [3.63, 3.8) is 0 Å². The van der Waals surface area contributed by atoms with Gasteiger partial charge in [0.2, 0.25) is 0 Å². The van der Waals surface area contributed by atoms with Gasteiger partial charge in [-0.15, -0.1) is 0 Å². The average Bonchev–Trinajstić information content (AvgIpc) is 3.25. The van der Waals surface area contributed by atoms with E-state index in [1.807, 2.05) is 18.3 Å². The summed E-state index contributed by atoms with van der Waals surface area (Å²) < 4.78 is 7.73. The van der Waals surface area contributed by atoms with Gasteiger partial charge in [-0.05, 0) is 88.1 Å². The Morgan fingerprint density at radius 3 is 2.42 bits per heavy atom. The fraction of sp³-hybridized carbons (Fsp3) is 0.407. The molecule has 3 aromatic rings. The molecular formula is C27H34N4OS. The Kier molecular flexibility index (Phi) is 6.86. The Bertz CT molecular complexity index is 1130. The molecule has 4 rings (SSSR count). The number of thiocarbonyl (C=S) groups is 1. The monoisotopic (exact) mass is 462 g/mol. The van der Waals surface area contributed by atoms with Crippen LogP contribution in [0, 0.1) is 34.6 Å². The maximum Gasteiger partial charge on any atom is 0.170 e. The number of benzene rings is 1. The fourth-order valence-corrected chi connectivity index (χ4v) is 5.65. The molecule has 0 saturated carbocycles. The zero-order valence-corrected chi connectivity index (χ0v) is 21.3. The smallest absolute Gasteiger partial charge is 0.170 e. The maximum absolute atomic E-state index is 5.82. The van der Waals surface area contributed by atoms with E-state index in [1.54, 1.807) is 7.11 Å². The molecule has 174 valence electrons. The van der Waals surface area contributed by atoms with Crippen molar-refractivity contribution < 1.29 is 4.74 Å². The van der Waals surface area contributed by atoms with Gasteiger partial charge in [-0.1, -0.05) is 23.8 Å². The van der Waals surface area contributed by atoms with Gasteiger partial charge in [0.1, 0.15) is 0 Å². The maximum atomic E-state index is 5.82. The molecule has 1 fully saturated rings.